The molecule has 0 radical (unpaired) electrons. The van der Waals surface area contributed by atoms with Gasteiger partial charge in [0.2, 0.25) is 0 Å². The number of anilines is 1. The Bertz CT molecular complexity index is 1180. The molecule has 2 aliphatic heterocycles. The summed E-state index contributed by atoms with van der Waals surface area (Å²) < 4.78 is 1.57. The van der Waals surface area contributed by atoms with Gasteiger partial charge in [0.1, 0.15) is 22.5 Å². The van der Waals surface area contributed by atoms with E-state index < -0.39 is 29.9 Å². The zero-order chi connectivity index (χ0) is 23.7. The highest BCUT2D eigenvalue weighted by Crippen LogP contribution is 2.42. The van der Waals surface area contributed by atoms with Crippen molar-refractivity contribution in [3.05, 3.63) is 27.9 Å². The van der Waals surface area contributed by atoms with Crippen LogP contribution in [0, 0.1) is 0 Å². The second-order valence-electron chi connectivity index (χ2n) is 7.00. The van der Waals surface area contributed by atoms with E-state index in [-0.39, 0.29) is 22.2 Å². The van der Waals surface area contributed by atoms with Crippen molar-refractivity contribution in [2.45, 2.75) is 30.0 Å². The molecule has 2 aliphatic rings. The van der Waals surface area contributed by atoms with Gasteiger partial charge in [-0.3, -0.25) is 19.2 Å². The van der Waals surface area contributed by atoms with Crippen molar-refractivity contribution in [3.63, 3.8) is 0 Å². The van der Waals surface area contributed by atoms with Crippen molar-refractivity contribution in [2.75, 3.05) is 10.8 Å². The van der Waals surface area contributed by atoms with Crippen LogP contribution in [0.25, 0.3) is 0 Å². The predicted molar refractivity (Wildman–Crippen MR) is 121 cm³/mol. The Kier molecular flexibility index (Phi) is 6.57. The van der Waals surface area contributed by atoms with Gasteiger partial charge in [-0.25, -0.2) is 9.78 Å². The number of aliphatic carboxylic acids is 1. The Labute approximate surface area is 199 Å². The van der Waals surface area contributed by atoms with Crippen molar-refractivity contribution in [3.8, 4) is 0 Å². The van der Waals surface area contributed by atoms with E-state index in [1.165, 1.54) is 33.8 Å². The van der Waals surface area contributed by atoms with Crippen LogP contribution in [0.15, 0.2) is 32.4 Å². The summed E-state index contributed by atoms with van der Waals surface area (Å²) in [5.74, 6) is -2.55. The van der Waals surface area contributed by atoms with Crippen LogP contribution in [-0.4, -0.2) is 75.9 Å². The van der Waals surface area contributed by atoms with Gasteiger partial charge in [-0.15, -0.1) is 28.2 Å². The Morgan fingerprint density at radius 1 is 1.42 bits per heavy atom. The number of aromatic nitrogens is 4. The summed E-state index contributed by atoms with van der Waals surface area (Å²) in [6.07, 6.45) is 2.67. The number of fused-ring (bicyclic) bond motifs is 1. The van der Waals surface area contributed by atoms with Gasteiger partial charge in [-0.2, -0.15) is 0 Å². The molecule has 2 aromatic heterocycles. The Morgan fingerprint density at radius 3 is 2.82 bits per heavy atom. The van der Waals surface area contributed by atoms with Gasteiger partial charge in [-0.05, 0) is 12.8 Å². The first-order valence-corrected chi connectivity index (χ1v) is 12.3. The first-order valence-electron chi connectivity index (χ1n) is 9.46. The number of aryl methyl sites for hydroxylation is 1. The molecule has 1 saturated heterocycles. The largest absolute Gasteiger partial charge is 0.477 e. The second-order valence-corrected chi connectivity index (χ2v) is 10.3. The van der Waals surface area contributed by atoms with Crippen molar-refractivity contribution in [1.82, 2.24) is 30.2 Å². The predicted octanol–water partition coefficient (Wildman–Crippen LogP) is 0.301. The first-order chi connectivity index (χ1) is 15.8. The molecule has 0 spiro atoms. The number of carboxylic acid groups (broad SMARTS) is 1. The number of thiazole rings is 1. The van der Waals surface area contributed by atoms with Crippen LogP contribution >= 0.6 is 34.9 Å². The number of β-lactam (4-membered cyclic amide) rings is 1. The zero-order valence-corrected chi connectivity index (χ0v) is 19.5. The number of nitrogens with one attached hydrogen (secondary N) is 1. The summed E-state index contributed by atoms with van der Waals surface area (Å²) in [4.78, 5) is 43.0. The standard InChI is InChI=1S/C17H18N8O5S3/c1-24-4-10(21-23-24)33-6-32-9-3-2-8-12(15(27)25(8)13(9)16(28)29)20-14(26)11(22-30)7-5-31-17(18)19-7/h4-5,8,12,30H,2-3,6H2,1H3,(H2,18,19)(H,20,26)(H,28,29)/b22-11-/t8-,12-/m0/s1. The number of allylic oxidation sites excluding steroid dienone is 1. The second kappa shape index (κ2) is 9.40. The minimum absolute atomic E-state index is 0.0742. The van der Waals surface area contributed by atoms with Gasteiger partial charge in [0.05, 0.1) is 17.3 Å². The number of carbonyl (C=O) groups excluding carboxylic acids is 2. The third-order valence-electron chi connectivity index (χ3n) is 4.98. The fourth-order valence-corrected chi connectivity index (χ4v) is 6.28. The number of thioether (sulfide) groups is 2. The van der Waals surface area contributed by atoms with Gasteiger partial charge in [0.25, 0.3) is 11.8 Å². The van der Waals surface area contributed by atoms with Gasteiger partial charge < -0.3 is 21.4 Å². The highest BCUT2D eigenvalue weighted by atomic mass is 32.2. The number of nitrogens with two attached hydrogens (primary N) is 1. The lowest BCUT2D eigenvalue weighted by Crippen LogP contribution is -2.72. The Morgan fingerprint density at radius 2 is 2.21 bits per heavy atom. The number of nitrogen functional groups attached to an aromatic ring is 1. The molecular formula is C17H18N8O5S3. The summed E-state index contributed by atoms with van der Waals surface area (Å²) in [7, 11) is 1.75. The number of carboxylic acids is 1. The van der Waals surface area contributed by atoms with Crippen LogP contribution in [0.2, 0.25) is 0 Å². The monoisotopic (exact) mass is 510 g/mol. The minimum atomic E-state index is -1.21. The molecule has 1 fully saturated rings. The number of rotatable bonds is 8. The smallest absolute Gasteiger partial charge is 0.353 e. The summed E-state index contributed by atoms with van der Waals surface area (Å²) in [6, 6.07) is -1.44. The van der Waals surface area contributed by atoms with E-state index in [1.807, 2.05) is 0 Å². The molecule has 2 amide bonds. The van der Waals surface area contributed by atoms with E-state index in [2.05, 4.69) is 25.8 Å². The van der Waals surface area contributed by atoms with Gasteiger partial charge in [0.15, 0.2) is 10.8 Å². The number of nitrogens with zero attached hydrogens (tertiary/aromatic N) is 6. The molecule has 0 bridgehead atoms. The third-order valence-corrected chi connectivity index (χ3v) is 7.83. The maximum absolute atomic E-state index is 12.8. The van der Waals surface area contributed by atoms with E-state index in [0.29, 0.717) is 27.9 Å². The Balaban J connectivity index is 1.43. The molecule has 13 nitrogen and oxygen atoms in total. The fourth-order valence-electron chi connectivity index (χ4n) is 3.54. The van der Waals surface area contributed by atoms with Crippen LogP contribution in [0.5, 0.6) is 0 Å². The molecule has 4 rings (SSSR count). The normalized spacial score (nSPS) is 20.5. The molecule has 0 saturated carbocycles. The molecule has 4 heterocycles. The number of hydrogen-bond acceptors (Lipinski definition) is 12. The number of oxime groups is 1. The molecule has 33 heavy (non-hydrogen) atoms. The molecule has 2 aromatic rings. The highest BCUT2D eigenvalue weighted by Gasteiger charge is 2.53. The van der Waals surface area contributed by atoms with E-state index in [0.717, 1.165) is 11.3 Å². The average molecular weight is 511 g/mol. The lowest BCUT2D eigenvalue weighted by molar-refractivity contribution is -0.155. The van der Waals surface area contributed by atoms with E-state index in [4.69, 9.17) is 5.73 Å². The maximum atomic E-state index is 12.8. The summed E-state index contributed by atoms with van der Waals surface area (Å²) in [6.45, 7) is 0. The molecule has 174 valence electrons. The quantitative estimate of drug-likeness (QED) is 0.0954. The summed E-state index contributed by atoms with van der Waals surface area (Å²) >= 11 is 3.82. The Hall–Kier alpha value is -3.11. The van der Waals surface area contributed by atoms with Crippen LogP contribution in [0.1, 0.15) is 18.5 Å². The van der Waals surface area contributed by atoms with Crippen molar-refractivity contribution in [2.24, 2.45) is 12.2 Å². The van der Waals surface area contributed by atoms with Gasteiger partial charge in [0, 0.05) is 17.3 Å². The van der Waals surface area contributed by atoms with Crippen LogP contribution in [-0.2, 0) is 21.4 Å². The zero-order valence-electron chi connectivity index (χ0n) is 17.0. The SMILES string of the molecule is Cn1cc(SCSC2=C(C(=O)O)N3C(=O)[C@@H](NC(=O)/C(=N\O)c4csc(N)n4)[C@@H]3CC2)nn1. The van der Waals surface area contributed by atoms with E-state index in [9.17, 15) is 24.7 Å². The van der Waals surface area contributed by atoms with Crippen LogP contribution < -0.4 is 11.1 Å². The molecule has 0 aromatic carbocycles. The molecule has 2 atom stereocenters. The molecule has 5 N–H and O–H groups in total. The first kappa shape index (κ1) is 23.1. The lowest BCUT2D eigenvalue weighted by atomic mass is 9.86. The van der Waals surface area contributed by atoms with Gasteiger partial charge >= 0.3 is 5.97 Å². The maximum Gasteiger partial charge on any atom is 0.353 e. The average Bonchev–Trinajstić information content (AvgIpc) is 3.39. The molecule has 0 unspecified atom stereocenters. The van der Waals surface area contributed by atoms with Crippen molar-refractivity contribution < 1.29 is 24.7 Å². The molecule has 16 heteroatoms. The third kappa shape index (κ3) is 4.53. The lowest BCUT2D eigenvalue weighted by Gasteiger charge is -2.50. The van der Waals surface area contributed by atoms with Gasteiger partial charge in [-0.1, -0.05) is 22.1 Å². The highest BCUT2D eigenvalue weighted by molar-refractivity contribution is 8.17. The molecular weight excluding hydrogens is 492 g/mol. The number of hydrogen-bond donors (Lipinski definition) is 4. The molecule has 0 aliphatic carbocycles. The van der Waals surface area contributed by atoms with E-state index in [1.54, 1.807) is 17.9 Å². The topological polar surface area (TPSA) is 189 Å². The number of carbonyl (C=O) groups is 3. The summed E-state index contributed by atoms with van der Waals surface area (Å²) in [5.41, 5.74) is 5.18. The summed E-state index contributed by atoms with van der Waals surface area (Å²) in [5, 5.41) is 35.2. The number of amides is 2. The van der Waals surface area contributed by atoms with E-state index >= 15 is 0 Å². The van der Waals surface area contributed by atoms with Crippen LogP contribution in [0.4, 0.5) is 5.13 Å². The fraction of sp³-hybridized carbons (Fsp3) is 0.353. The minimum Gasteiger partial charge on any atom is -0.477 e. The van der Waals surface area contributed by atoms with Crippen molar-refractivity contribution >= 4 is 63.5 Å². The van der Waals surface area contributed by atoms with Crippen molar-refractivity contribution in [1.29, 1.82) is 0 Å². The van der Waals surface area contributed by atoms with Crippen LogP contribution in [0.3, 0.4) is 0 Å².